The van der Waals surface area contributed by atoms with E-state index in [1.54, 1.807) is 6.20 Å². The molecule has 1 amide bonds. The van der Waals surface area contributed by atoms with Gasteiger partial charge in [-0.05, 0) is 25.0 Å². The minimum atomic E-state index is 0.202. The first-order valence-electron chi connectivity index (χ1n) is 5.74. The molecule has 86 valence electrons. The molecule has 0 bridgehead atoms. The van der Waals surface area contributed by atoms with Crippen LogP contribution >= 0.6 is 0 Å². The van der Waals surface area contributed by atoms with E-state index in [0.717, 1.165) is 31.6 Å². The Hall–Kier alpha value is -1.42. The average Bonchev–Trinajstić information content (AvgIpc) is 2.84. The number of hydrogen-bond acceptors (Lipinski definition) is 3. The van der Waals surface area contributed by atoms with Crippen LogP contribution in [0.5, 0.6) is 0 Å². The molecule has 0 spiro atoms. The molecule has 2 heterocycles. The Morgan fingerprint density at radius 3 is 2.88 bits per heavy atom. The van der Waals surface area contributed by atoms with E-state index in [-0.39, 0.29) is 5.91 Å². The third-order valence-corrected chi connectivity index (χ3v) is 2.77. The lowest BCUT2D eigenvalue weighted by atomic mass is 10.3. The maximum atomic E-state index is 11.7. The summed E-state index contributed by atoms with van der Waals surface area (Å²) in [5.41, 5.74) is 0.969. The van der Waals surface area contributed by atoms with Crippen molar-refractivity contribution < 1.29 is 4.79 Å². The summed E-state index contributed by atoms with van der Waals surface area (Å²) < 4.78 is 0. The second kappa shape index (κ2) is 5.61. The molecule has 0 radical (unpaired) electrons. The van der Waals surface area contributed by atoms with Crippen LogP contribution < -0.4 is 5.32 Å². The Bertz CT molecular complexity index is 333. The number of nitrogens with one attached hydrogen (secondary N) is 1. The van der Waals surface area contributed by atoms with Gasteiger partial charge in [-0.25, -0.2) is 0 Å². The van der Waals surface area contributed by atoms with Gasteiger partial charge in [-0.2, -0.15) is 0 Å². The second-order valence-corrected chi connectivity index (χ2v) is 4.01. The molecule has 1 fully saturated rings. The lowest BCUT2D eigenvalue weighted by Gasteiger charge is -2.15. The van der Waals surface area contributed by atoms with E-state index in [9.17, 15) is 4.79 Å². The number of carbonyl (C=O) groups excluding carboxylic acids is 1. The highest BCUT2D eigenvalue weighted by atomic mass is 16.2. The SMILES string of the molecule is O=C(CNCc1ccccn1)N1CCCC1. The molecule has 1 aromatic rings. The van der Waals surface area contributed by atoms with E-state index < -0.39 is 0 Å². The standard InChI is InChI=1S/C12H17N3O/c16-12(15-7-3-4-8-15)10-13-9-11-5-1-2-6-14-11/h1-2,5-6,13H,3-4,7-10H2. The van der Waals surface area contributed by atoms with Gasteiger partial charge in [0.2, 0.25) is 5.91 Å². The quantitative estimate of drug-likeness (QED) is 0.814. The number of aromatic nitrogens is 1. The van der Waals surface area contributed by atoms with Crippen molar-refractivity contribution in [2.75, 3.05) is 19.6 Å². The smallest absolute Gasteiger partial charge is 0.236 e. The molecule has 0 atom stereocenters. The number of amides is 1. The lowest BCUT2D eigenvalue weighted by Crippen LogP contribution is -2.36. The van der Waals surface area contributed by atoms with Crippen LogP contribution in [0.1, 0.15) is 18.5 Å². The predicted octanol–water partition coefficient (Wildman–Crippen LogP) is 0.794. The summed E-state index contributed by atoms with van der Waals surface area (Å²) >= 11 is 0. The number of carbonyl (C=O) groups is 1. The zero-order valence-corrected chi connectivity index (χ0v) is 9.35. The first-order chi connectivity index (χ1) is 7.86. The van der Waals surface area contributed by atoms with Crippen molar-refractivity contribution in [3.05, 3.63) is 30.1 Å². The van der Waals surface area contributed by atoms with Gasteiger partial charge in [-0.1, -0.05) is 6.07 Å². The first-order valence-corrected chi connectivity index (χ1v) is 5.74. The van der Waals surface area contributed by atoms with Crippen molar-refractivity contribution in [3.8, 4) is 0 Å². The van der Waals surface area contributed by atoms with Crippen molar-refractivity contribution in [1.82, 2.24) is 15.2 Å². The average molecular weight is 219 g/mol. The molecule has 2 rings (SSSR count). The third-order valence-electron chi connectivity index (χ3n) is 2.77. The molecule has 1 aliphatic heterocycles. The fraction of sp³-hybridized carbons (Fsp3) is 0.500. The summed E-state index contributed by atoms with van der Waals surface area (Å²) in [5.74, 6) is 0.202. The molecule has 1 saturated heterocycles. The van der Waals surface area contributed by atoms with Gasteiger partial charge in [-0.15, -0.1) is 0 Å². The zero-order valence-electron chi connectivity index (χ0n) is 9.35. The zero-order chi connectivity index (χ0) is 11.2. The number of rotatable bonds is 4. The maximum absolute atomic E-state index is 11.7. The predicted molar refractivity (Wildman–Crippen MR) is 61.8 cm³/mol. The van der Waals surface area contributed by atoms with Crippen LogP contribution in [-0.4, -0.2) is 35.4 Å². The fourth-order valence-electron chi connectivity index (χ4n) is 1.88. The molecule has 0 unspecified atom stereocenters. The van der Waals surface area contributed by atoms with E-state index in [0.29, 0.717) is 13.1 Å². The summed E-state index contributed by atoms with van der Waals surface area (Å²) in [6, 6.07) is 5.79. The monoisotopic (exact) mass is 219 g/mol. The number of pyridine rings is 1. The van der Waals surface area contributed by atoms with Crippen molar-refractivity contribution in [2.45, 2.75) is 19.4 Å². The molecule has 0 aromatic carbocycles. The largest absolute Gasteiger partial charge is 0.342 e. The second-order valence-electron chi connectivity index (χ2n) is 4.01. The highest BCUT2D eigenvalue weighted by Crippen LogP contribution is 2.06. The Labute approximate surface area is 95.7 Å². The number of hydrogen-bond donors (Lipinski definition) is 1. The minimum Gasteiger partial charge on any atom is -0.342 e. The highest BCUT2D eigenvalue weighted by molar-refractivity contribution is 5.78. The van der Waals surface area contributed by atoms with Crippen molar-refractivity contribution in [1.29, 1.82) is 0 Å². The topological polar surface area (TPSA) is 45.2 Å². The molecule has 1 aromatic heterocycles. The Balaban J connectivity index is 1.70. The summed E-state index contributed by atoms with van der Waals surface area (Å²) in [5, 5.41) is 3.12. The van der Waals surface area contributed by atoms with Gasteiger partial charge < -0.3 is 10.2 Å². The van der Waals surface area contributed by atoms with E-state index in [1.807, 2.05) is 23.1 Å². The molecule has 16 heavy (non-hydrogen) atoms. The number of likely N-dealkylation sites (tertiary alicyclic amines) is 1. The lowest BCUT2D eigenvalue weighted by molar-refractivity contribution is -0.129. The van der Waals surface area contributed by atoms with E-state index in [4.69, 9.17) is 0 Å². The van der Waals surface area contributed by atoms with Crippen molar-refractivity contribution in [3.63, 3.8) is 0 Å². The van der Waals surface area contributed by atoms with Gasteiger partial charge in [0.05, 0.1) is 12.2 Å². The van der Waals surface area contributed by atoms with Gasteiger partial charge in [0.25, 0.3) is 0 Å². The van der Waals surface area contributed by atoms with Crippen LogP contribution in [-0.2, 0) is 11.3 Å². The van der Waals surface area contributed by atoms with Crippen LogP contribution in [0.15, 0.2) is 24.4 Å². The van der Waals surface area contributed by atoms with Crippen LogP contribution in [0, 0.1) is 0 Å². The normalized spacial score (nSPS) is 15.4. The summed E-state index contributed by atoms with van der Waals surface area (Å²) in [6.07, 6.45) is 4.05. The summed E-state index contributed by atoms with van der Waals surface area (Å²) in [6.45, 7) is 2.91. The van der Waals surface area contributed by atoms with Gasteiger partial charge in [0, 0.05) is 25.8 Å². The minimum absolute atomic E-state index is 0.202. The Morgan fingerprint density at radius 2 is 2.19 bits per heavy atom. The van der Waals surface area contributed by atoms with Gasteiger partial charge in [0.15, 0.2) is 0 Å². The maximum Gasteiger partial charge on any atom is 0.236 e. The fourth-order valence-corrected chi connectivity index (χ4v) is 1.88. The molecule has 0 aliphatic carbocycles. The third kappa shape index (κ3) is 3.03. The molecular formula is C12H17N3O. The van der Waals surface area contributed by atoms with Gasteiger partial charge in [0.1, 0.15) is 0 Å². The van der Waals surface area contributed by atoms with Crippen LogP contribution in [0.2, 0.25) is 0 Å². The highest BCUT2D eigenvalue weighted by Gasteiger charge is 2.16. The van der Waals surface area contributed by atoms with Gasteiger partial charge in [-0.3, -0.25) is 9.78 Å². The van der Waals surface area contributed by atoms with E-state index in [2.05, 4.69) is 10.3 Å². The van der Waals surface area contributed by atoms with Crippen molar-refractivity contribution >= 4 is 5.91 Å². The molecular weight excluding hydrogens is 202 g/mol. The molecule has 1 N–H and O–H groups in total. The Kier molecular flexibility index (Phi) is 3.88. The van der Waals surface area contributed by atoms with E-state index in [1.165, 1.54) is 0 Å². The van der Waals surface area contributed by atoms with Crippen LogP contribution in [0.25, 0.3) is 0 Å². The van der Waals surface area contributed by atoms with Crippen LogP contribution in [0.3, 0.4) is 0 Å². The molecule has 0 saturated carbocycles. The molecule has 4 heteroatoms. The first kappa shape index (κ1) is 11.1. The van der Waals surface area contributed by atoms with Gasteiger partial charge >= 0.3 is 0 Å². The van der Waals surface area contributed by atoms with Crippen molar-refractivity contribution in [2.24, 2.45) is 0 Å². The molecule has 4 nitrogen and oxygen atoms in total. The summed E-state index contributed by atoms with van der Waals surface area (Å²) in [4.78, 5) is 17.8. The molecule has 1 aliphatic rings. The Morgan fingerprint density at radius 1 is 1.38 bits per heavy atom. The number of nitrogens with zero attached hydrogens (tertiary/aromatic N) is 2. The van der Waals surface area contributed by atoms with Crippen LogP contribution in [0.4, 0.5) is 0 Å². The summed E-state index contributed by atoms with van der Waals surface area (Å²) in [7, 11) is 0. The van der Waals surface area contributed by atoms with E-state index >= 15 is 0 Å².